The maximum absolute atomic E-state index is 15.3. The van der Waals surface area contributed by atoms with Crippen LogP contribution in [-0.4, -0.2) is 185 Å². The zero-order valence-electron chi connectivity index (χ0n) is 65.4. The minimum atomic E-state index is -1.86. The quantitative estimate of drug-likeness (QED) is 0.0273. The zero-order chi connectivity index (χ0) is 80.7. The molecule has 6 fully saturated rings. The minimum Gasteiger partial charge on any atom is -0.456 e. The first-order valence-corrected chi connectivity index (χ1v) is 39.9. The van der Waals surface area contributed by atoms with Crippen LogP contribution in [0.2, 0.25) is 0 Å². The van der Waals surface area contributed by atoms with Gasteiger partial charge in [-0.2, -0.15) is 0 Å². The number of ether oxygens (including phenoxy) is 20. The molecule has 0 N–H and O–H groups in total. The van der Waals surface area contributed by atoms with E-state index in [1.807, 2.05) is 243 Å². The molecular formula is C93H95NO24. The van der Waals surface area contributed by atoms with Crippen molar-refractivity contribution >= 4 is 23.8 Å². The molecule has 0 spiro atoms. The van der Waals surface area contributed by atoms with Crippen LogP contribution in [-0.2, 0) is 144 Å². The Labute approximate surface area is 684 Å². The summed E-state index contributed by atoms with van der Waals surface area (Å²) in [6.45, 7) is 2.27. The third-order valence-corrected chi connectivity index (χ3v) is 21.7. The Hall–Kier alpha value is -9.66. The molecule has 25 heteroatoms. The normalized spacial score (nSPS) is 29.6. The number of fused-ring (bicyclic) bond motifs is 3. The smallest absolute Gasteiger partial charge is 0.303 e. The lowest BCUT2D eigenvalue weighted by molar-refractivity contribution is -0.398. The van der Waals surface area contributed by atoms with E-state index >= 15 is 9.59 Å². The Balaban J connectivity index is 0.802. The van der Waals surface area contributed by atoms with Crippen LogP contribution in [0.4, 0.5) is 0 Å². The SMILES string of the molecule is CO[C@H]1OC2COC(c3ccccc3)O[C@H]2C(OCc2ccccc2)C1O[C@@H]1OC(CO[C@H]2OC3COC(c4ccccc4)O[C@@H]3C(OCc3ccccc3)C2O[C@H]2O[C@@H](C(COCc3ccccc3)OCc3ccccc3)C(OCc3ccccc3)C2OCc2ccccc2)[C@@H](OC(C)=O)C(OC(C)=O)C1N1C(=O)c2ccccc2C1=O. The number of imide groups is 1. The van der Waals surface area contributed by atoms with Crippen molar-refractivity contribution in [2.75, 3.05) is 33.5 Å². The zero-order valence-corrected chi connectivity index (χ0v) is 65.4. The first-order valence-electron chi connectivity index (χ1n) is 39.9. The molecule has 0 saturated carbocycles. The number of benzene rings is 9. The number of rotatable bonds is 33. The van der Waals surface area contributed by atoms with Gasteiger partial charge in [-0.25, -0.2) is 0 Å². The van der Waals surface area contributed by atoms with Crippen LogP contribution in [0.15, 0.2) is 267 Å². The highest BCUT2D eigenvalue weighted by molar-refractivity contribution is 6.21. The van der Waals surface area contributed by atoms with E-state index in [0.29, 0.717) is 5.56 Å². The molecule has 6 saturated heterocycles. The van der Waals surface area contributed by atoms with Crippen molar-refractivity contribution in [1.82, 2.24) is 4.90 Å². The molecule has 16 rings (SSSR count). The number of methoxy groups -OCH3 is 1. The van der Waals surface area contributed by atoms with Gasteiger partial charge >= 0.3 is 11.9 Å². The second-order valence-corrected chi connectivity index (χ2v) is 29.8. The molecule has 118 heavy (non-hydrogen) atoms. The van der Waals surface area contributed by atoms with Gasteiger partial charge in [0, 0.05) is 32.1 Å². The first kappa shape index (κ1) is 82.1. The van der Waals surface area contributed by atoms with Crippen LogP contribution >= 0.6 is 0 Å². The Bertz CT molecular complexity index is 4630. The van der Waals surface area contributed by atoms with Crippen molar-refractivity contribution < 1.29 is 114 Å². The summed E-state index contributed by atoms with van der Waals surface area (Å²) in [5, 5.41) is 0. The van der Waals surface area contributed by atoms with E-state index in [4.69, 9.17) is 94.7 Å². The number of esters is 2. The topological polar surface area (TPSA) is 256 Å². The lowest BCUT2D eigenvalue weighted by atomic mass is 9.93. The van der Waals surface area contributed by atoms with Gasteiger partial charge in [-0.15, -0.1) is 0 Å². The van der Waals surface area contributed by atoms with Crippen LogP contribution in [0.3, 0.4) is 0 Å². The van der Waals surface area contributed by atoms with E-state index in [-0.39, 0.29) is 70.6 Å². The summed E-state index contributed by atoms with van der Waals surface area (Å²) in [5.74, 6) is -3.35. The third kappa shape index (κ3) is 19.6. The van der Waals surface area contributed by atoms with E-state index < -0.39 is 166 Å². The van der Waals surface area contributed by atoms with E-state index in [1.54, 1.807) is 12.1 Å². The number of carbonyl (C=O) groups is 4. The average molecular weight is 1610 g/mol. The van der Waals surface area contributed by atoms with Crippen molar-refractivity contribution in [3.05, 3.63) is 323 Å². The maximum atomic E-state index is 15.3. The molecule has 9 aromatic carbocycles. The van der Waals surface area contributed by atoms with Gasteiger partial charge in [0.1, 0.15) is 85.4 Å². The second kappa shape index (κ2) is 39.5. The summed E-state index contributed by atoms with van der Waals surface area (Å²) in [6.07, 6.45) is -25.7. The standard InChI is InChI=1S/C93H95NO24/c1-58(95)109-76-71(111-90(74(79(76)110-59(2)96)94-86(97)68-46-28-29-47-69(68)87(94)98)117-84-81(103-51-63-36-18-7-19-37-63)77-72(112-91(84)99-3)55-106-88(114-77)66-42-24-10-25-43-66)57-108-92-85(82(104-52-64-38-20-8-21-39-64)78-73(113-92)56-107-89(115-78)67-44-26-11-27-45-67)118-93-83(105-53-65-40-22-9-23-41-65)80(102-50-62-34-16-6-17-35-62)75(116-93)70(101-49-61-32-14-5-15-33-61)54-100-48-60-30-12-4-13-31-60/h4-47,70-85,88-93H,48-57H2,1-3H3/t70?,71?,72?,73?,74?,75-,76+,77+,78-,79?,80?,81?,82?,83?,84?,85?,88?,89?,90-,91-,92-,93+/m0/s1. The summed E-state index contributed by atoms with van der Waals surface area (Å²) < 4.78 is 139. The summed E-state index contributed by atoms with van der Waals surface area (Å²) in [5.41, 5.74) is 6.63. The van der Waals surface area contributed by atoms with E-state index in [2.05, 4.69) is 0 Å². The number of hydrogen-bond donors (Lipinski definition) is 0. The van der Waals surface area contributed by atoms with Crippen LogP contribution < -0.4 is 0 Å². The van der Waals surface area contributed by atoms with Gasteiger partial charge < -0.3 is 94.7 Å². The highest BCUT2D eigenvalue weighted by atomic mass is 16.8. The number of carbonyl (C=O) groups excluding carboxylic acids is 4. The van der Waals surface area contributed by atoms with E-state index in [1.165, 1.54) is 19.2 Å². The molecule has 22 atom stereocenters. The molecule has 0 aromatic heterocycles. The largest absolute Gasteiger partial charge is 0.456 e. The van der Waals surface area contributed by atoms with E-state index in [0.717, 1.165) is 57.7 Å². The van der Waals surface area contributed by atoms with Crippen molar-refractivity contribution in [2.24, 2.45) is 0 Å². The number of amides is 2. The Morgan fingerprint density at radius 2 is 0.771 bits per heavy atom. The average Bonchev–Trinajstić information content (AvgIpc) is 1.53. The van der Waals surface area contributed by atoms with Gasteiger partial charge in [0.2, 0.25) is 0 Å². The van der Waals surface area contributed by atoms with Crippen LogP contribution in [0.1, 0.15) is 91.7 Å². The summed E-state index contributed by atoms with van der Waals surface area (Å²) in [7, 11) is 1.42. The third-order valence-electron chi connectivity index (χ3n) is 21.7. The molecule has 7 aliphatic rings. The summed E-state index contributed by atoms with van der Waals surface area (Å²) in [4.78, 5) is 59.7. The van der Waals surface area contributed by atoms with Gasteiger partial charge in [-0.3, -0.25) is 24.1 Å². The Kier molecular flexibility index (Phi) is 27.5. The molecule has 616 valence electrons. The number of nitrogens with zero attached hydrogens (tertiary/aromatic N) is 1. The number of hydrogen-bond acceptors (Lipinski definition) is 24. The highest BCUT2D eigenvalue weighted by Crippen LogP contribution is 2.45. The fourth-order valence-electron chi connectivity index (χ4n) is 16.1. The Morgan fingerprint density at radius 3 is 1.23 bits per heavy atom. The van der Waals surface area contributed by atoms with Crippen LogP contribution in [0.25, 0.3) is 0 Å². The molecule has 0 radical (unpaired) electrons. The van der Waals surface area contributed by atoms with E-state index in [9.17, 15) is 9.59 Å². The second-order valence-electron chi connectivity index (χ2n) is 29.8. The summed E-state index contributed by atoms with van der Waals surface area (Å²) >= 11 is 0. The predicted molar refractivity (Wildman–Crippen MR) is 420 cm³/mol. The van der Waals surface area contributed by atoms with Crippen molar-refractivity contribution in [3.8, 4) is 0 Å². The van der Waals surface area contributed by atoms with Crippen LogP contribution in [0.5, 0.6) is 0 Å². The molecule has 9 aromatic rings. The molecule has 7 aliphatic heterocycles. The molecule has 0 bridgehead atoms. The molecule has 2 amide bonds. The predicted octanol–water partition coefficient (Wildman–Crippen LogP) is 12.2. The first-order chi connectivity index (χ1) is 57.9. The lowest BCUT2D eigenvalue weighted by Crippen LogP contribution is -2.70. The van der Waals surface area contributed by atoms with Gasteiger partial charge in [0.15, 0.2) is 49.9 Å². The molecular weight excluding hydrogens is 1520 g/mol. The molecule has 0 aliphatic carbocycles. The van der Waals surface area contributed by atoms with Gasteiger partial charge in [-0.05, 0) is 45.5 Å². The fourth-order valence-corrected chi connectivity index (χ4v) is 16.1. The van der Waals surface area contributed by atoms with Crippen molar-refractivity contribution in [3.63, 3.8) is 0 Å². The minimum absolute atomic E-state index is 0.0130. The highest BCUT2D eigenvalue weighted by Gasteiger charge is 2.62. The summed E-state index contributed by atoms with van der Waals surface area (Å²) in [6, 6.07) is 81.5. The van der Waals surface area contributed by atoms with Gasteiger partial charge in [-0.1, -0.05) is 255 Å². The van der Waals surface area contributed by atoms with Gasteiger partial charge in [0.05, 0.1) is 77.2 Å². The van der Waals surface area contributed by atoms with Crippen molar-refractivity contribution in [1.29, 1.82) is 0 Å². The van der Waals surface area contributed by atoms with Gasteiger partial charge in [0.25, 0.3) is 11.8 Å². The molecule has 7 heterocycles. The van der Waals surface area contributed by atoms with Crippen LogP contribution in [0, 0.1) is 0 Å². The molecule has 25 nitrogen and oxygen atoms in total. The monoisotopic (exact) mass is 1610 g/mol. The molecule has 14 unspecified atom stereocenters. The Morgan fingerprint density at radius 1 is 0.381 bits per heavy atom. The maximum Gasteiger partial charge on any atom is 0.303 e. The fraction of sp³-hybridized carbons (Fsp3) is 0.376. The lowest BCUT2D eigenvalue weighted by Gasteiger charge is -2.52. The van der Waals surface area contributed by atoms with Crippen molar-refractivity contribution in [2.45, 2.75) is 189 Å².